The highest BCUT2D eigenvalue weighted by atomic mass is 16.3. The minimum absolute atomic E-state index is 0.00828. The molecule has 1 fully saturated rings. The van der Waals surface area contributed by atoms with Crippen LogP contribution in [0.25, 0.3) is 0 Å². The number of aliphatic hydroxyl groups excluding tert-OH is 1. The highest BCUT2D eigenvalue weighted by Crippen LogP contribution is 2.20. The van der Waals surface area contributed by atoms with Crippen molar-refractivity contribution in [3.63, 3.8) is 0 Å². The van der Waals surface area contributed by atoms with E-state index in [1.165, 1.54) is 0 Å². The summed E-state index contributed by atoms with van der Waals surface area (Å²) < 4.78 is 0. The van der Waals surface area contributed by atoms with Crippen molar-refractivity contribution < 1.29 is 9.90 Å². The summed E-state index contributed by atoms with van der Waals surface area (Å²) in [6.07, 6.45) is 3.14. The van der Waals surface area contributed by atoms with Crippen LogP contribution in [0.2, 0.25) is 0 Å². The van der Waals surface area contributed by atoms with Crippen molar-refractivity contribution in [3.05, 3.63) is 35.9 Å². The molecular weight excluding hydrogens is 252 g/mol. The van der Waals surface area contributed by atoms with Crippen LogP contribution < -0.4 is 10.6 Å². The van der Waals surface area contributed by atoms with E-state index in [4.69, 9.17) is 0 Å². The van der Waals surface area contributed by atoms with Gasteiger partial charge in [-0.2, -0.15) is 0 Å². The molecule has 1 aromatic carbocycles. The fourth-order valence-corrected chi connectivity index (χ4v) is 2.76. The molecule has 0 bridgehead atoms. The lowest BCUT2D eigenvalue weighted by molar-refractivity contribution is -0.125. The molecule has 1 amide bonds. The first-order valence-corrected chi connectivity index (χ1v) is 7.44. The normalized spacial score (nSPS) is 24.1. The van der Waals surface area contributed by atoms with Crippen LogP contribution in [0.5, 0.6) is 0 Å². The van der Waals surface area contributed by atoms with Gasteiger partial charge >= 0.3 is 0 Å². The second-order valence-electron chi connectivity index (χ2n) is 5.46. The molecule has 0 aliphatic carbocycles. The minimum atomic E-state index is -0.326. The first kappa shape index (κ1) is 15.0. The van der Waals surface area contributed by atoms with E-state index in [9.17, 15) is 9.90 Å². The Bertz CT molecular complexity index is 422. The Morgan fingerprint density at radius 3 is 2.85 bits per heavy atom. The Morgan fingerprint density at radius 2 is 2.20 bits per heavy atom. The molecule has 0 radical (unpaired) electrons. The minimum Gasteiger partial charge on any atom is -0.394 e. The van der Waals surface area contributed by atoms with Crippen molar-refractivity contribution in [3.8, 4) is 0 Å². The maximum Gasteiger partial charge on any atom is 0.237 e. The van der Waals surface area contributed by atoms with E-state index in [1.54, 1.807) is 0 Å². The Kier molecular flexibility index (Phi) is 5.56. The molecule has 4 nitrogen and oxygen atoms in total. The molecule has 0 aromatic heterocycles. The fourth-order valence-electron chi connectivity index (χ4n) is 2.76. The Hall–Kier alpha value is -1.39. The molecule has 20 heavy (non-hydrogen) atoms. The van der Waals surface area contributed by atoms with Crippen molar-refractivity contribution in [2.24, 2.45) is 5.92 Å². The molecule has 3 atom stereocenters. The van der Waals surface area contributed by atoms with E-state index >= 15 is 0 Å². The van der Waals surface area contributed by atoms with Crippen LogP contribution in [0.15, 0.2) is 30.3 Å². The monoisotopic (exact) mass is 276 g/mol. The summed E-state index contributed by atoms with van der Waals surface area (Å²) in [7, 11) is 0. The number of hydrogen-bond acceptors (Lipinski definition) is 3. The second kappa shape index (κ2) is 7.41. The highest BCUT2D eigenvalue weighted by Gasteiger charge is 2.27. The molecule has 1 aliphatic rings. The van der Waals surface area contributed by atoms with Crippen molar-refractivity contribution >= 4 is 5.91 Å². The number of carbonyl (C=O) groups is 1. The molecule has 2 unspecified atom stereocenters. The summed E-state index contributed by atoms with van der Waals surface area (Å²) >= 11 is 0. The summed E-state index contributed by atoms with van der Waals surface area (Å²) in [6, 6.07) is 9.13. The molecule has 2 rings (SSSR count). The summed E-state index contributed by atoms with van der Waals surface area (Å²) in [5.41, 5.74) is 0.936. The number of aliphatic hydroxyl groups is 1. The van der Waals surface area contributed by atoms with Crippen LogP contribution in [0.4, 0.5) is 0 Å². The average molecular weight is 276 g/mol. The van der Waals surface area contributed by atoms with Gasteiger partial charge in [0.15, 0.2) is 0 Å². The second-order valence-corrected chi connectivity index (χ2v) is 5.46. The largest absolute Gasteiger partial charge is 0.394 e. The highest BCUT2D eigenvalue weighted by molar-refractivity contribution is 5.82. The van der Waals surface area contributed by atoms with Crippen molar-refractivity contribution in [2.75, 3.05) is 13.2 Å². The Balaban J connectivity index is 1.95. The van der Waals surface area contributed by atoms with Gasteiger partial charge in [-0.1, -0.05) is 43.7 Å². The first-order valence-electron chi connectivity index (χ1n) is 7.44. The van der Waals surface area contributed by atoms with Gasteiger partial charge in [0.1, 0.15) is 0 Å². The average Bonchev–Trinajstić information content (AvgIpc) is 2.53. The van der Waals surface area contributed by atoms with E-state index in [2.05, 4.69) is 17.6 Å². The summed E-state index contributed by atoms with van der Waals surface area (Å²) in [5, 5.41) is 15.7. The van der Waals surface area contributed by atoms with Crippen LogP contribution >= 0.6 is 0 Å². The zero-order valence-corrected chi connectivity index (χ0v) is 12.0. The number of amides is 1. The SMILES string of the molecule is CCC1CCNC(C(=O)N[C@@H](CO)c2ccccc2)C1. The number of carbonyl (C=O) groups excluding carboxylic acids is 1. The molecule has 1 saturated heterocycles. The maximum atomic E-state index is 12.3. The van der Waals surface area contributed by atoms with Gasteiger partial charge in [-0.3, -0.25) is 4.79 Å². The summed E-state index contributed by atoms with van der Waals surface area (Å²) in [4.78, 5) is 12.3. The van der Waals surface area contributed by atoms with E-state index in [0.717, 1.165) is 31.4 Å². The summed E-state index contributed by atoms with van der Waals surface area (Å²) in [6.45, 7) is 2.98. The maximum absolute atomic E-state index is 12.3. The van der Waals surface area contributed by atoms with Crippen molar-refractivity contribution in [1.82, 2.24) is 10.6 Å². The molecule has 110 valence electrons. The molecule has 4 heteroatoms. The number of piperidine rings is 1. The number of hydrogen-bond donors (Lipinski definition) is 3. The fraction of sp³-hybridized carbons (Fsp3) is 0.562. The van der Waals surface area contributed by atoms with Crippen LogP contribution in [0, 0.1) is 5.92 Å². The van der Waals surface area contributed by atoms with Gasteiger partial charge in [0.25, 0.3) is 0 Å². The third kappa shape index (κ3) is 3.81. The lowest BCUT2D eigenvalue weighted by Crippen LogP contribution is -2.49. The first-order chi connectivity index (χ1) is 9.74. The smallest absolute Gasteiger partial charge is 0.237 e. The number of nitrogens with one attached hydrogen (secondary N) is 2. The molecule has 0 spiro atoms. The predicted molar refractivity (Wildman–Crippen MR) is 79.2 cm³/mol. The van der Waals surface area contributed by atoms with E-state index in [-0.39, 0.29) is 24.6 Å². The third-order valence-corrected chi connectivity index (χ3v) is 4.11. The zero-order valence-electron chi connectivity index (χ0n) is 12.0. The van der Waals surface area contributed by atoms with Gasteiger partial charge in [-0.05, 0) is 30.9 Å². The Labute approximate surface area is 120 Å². The van der Waals surface area contributed by atoms with Gasteiger partial charge in [0.05, 0.1) is 18.7 Å². The molecule has 1 aromatic rings. The van der Waals surface area contributed by atoms with E-state index < -0.39 is 0 Å². The van der Waals surface area contributed by atoms with Gasteiger partial charge in [0.2, 0.25) is 5.91 Å². The molecule has 3 N–H and O–H groups in total. The van der Waals surface area contributed by atoms with Gasteiger partial charge < -0.3 is 15.7 Å². The third-order valence-electron chi connectivity index (χ3n) is 4.11. The van der Waals surface area contributed by atoms with E-state index in [1.807, 2.05) is 30.3 Å². The predicted octanol–water partition coefficient (Wildman–Crippen LogP) is 1.61. The standard InChI is InChI=1S/C16H24N2O2/c1-2-12-8-9-17-14(10-12)16(20)18-15(11-19)13-6-4-3-5-7-13/h3-7,12,14-15,17,19H,2,8-11H2,1H3,(H,18,20)/t12?,14?,15-/m0/s1. The van der Waals surface area contributed by atoms with Crippen molar-refractivity contribution in [1.29, 1.82) is 0 Å². The van der Waals surface area contributed by atoms with Gasteiger partial charge in [0, 0.05) is 0 Å². The van der Waals surface area contributed by atoms with Crippen LogP contribution in [0.3, 0.4) is 0 Å². The zero-order chi connectivity index (χ0) is 14.4. The van der Waals surface area contributed by atoms with Crippen LogP contribution in [-0.2, 0) is 4.79 Å². The lowest BCUT2D eigenvalue weighted by Gasteiger charge is -2.30. The van der Waals surface area contributed by atoms with E-state index in [0.29, 0.717) is 5.92 Å². The topological polar surface area (TPSA) is 61.4 Å². The molecular formula is C16H24N2O2. The number of benzene rings is 1. The Morgan fingerprint density at radius 1 is 1.45 bits per heavy atom. The van der Waals surface area contributed by atoms with Crippen LogP contribution in [-0.4, -0.2) is 30.2 Å². The lowest BCUT2D eigenvalue weighted by atomic mass is 9.90. The molecule has 1 heterocycles. The van der Waals surface area contributed by atoms with Crippen molar-refractivity contribution in [2.45, 2.75) is 38.3 Å². The molecule has 0 saturated carbocycles. The molecule has 1 aliphatic heterocycles. The number of rotatable bonds is 5. The van der Waals surface area contributed by atoms with Gasteiger partial charge in [-0.15, -0.1) is 0 Å². The van der Waals surface area contributed by atoms with Gasteiger partial charge in [-0.25, -0.2) is 0 Å². The van der Waals surface area contributed by atoms with Crippen LogP contribution in [0.1, 0.15) is 37.8 Å². The quantitative estimate of drug-likeness (QED) is 0.766. The summed E-state index contributed by atoms with van der Waals surface area (Å²) in [5.74, 6) is 0.613.